The maximum absolute atomic E-state index is 6.08. The topological polar surface area (TPSA) is 94.8 Å². The van der Waals surface area contributed by atoms with Crippen molar-refractivity contribution in [2.75, 3.05) is 19.6 Å². The van der Waals surface area contributed by atoms with Crippen LogP contribution in [0, 0.1) is 0 Å². The van der Waals surface area contributed by atoms with E-state index in [0.29, 0.717) is 12.0 Å². The zero-order valence-electron chi connectivity index (χ0n) is 18.5. The van der Waals surface area contributed by atoms with E-state index in [1.807, 2.05) is 12.1 Å². The lowest BCUT2D eigenvalue weighted by Crippen LogP contribution is -2.47. The minimum atomic E-state index is -0.00618. The molecule has 1 aromatic heterocycles. The minimum Gasteiger partial charge on any atom is -0.328 e. The number of nitrogens with one attached hydrogen (secondary N) is 1. The van der Waals surface area contributed by atoms with E-state index in [0.717, 1.165) is 59.6 Å². The van der Waals surface area contributed by atoms with Crippen molar-refractivity contribution in [3.63, 3.8) is 0 Å². The second-order valence-electron chi connectivity index (χ2n) is 8.82. The Morgan fingerprint density at radius 1 is 1.28 bits per heavy atom. The van der Waals surface area contributed by atoms with Crippen molar-refractivity contribution in [3.05, 3.63) is 40.9 Å². The van der Waals surface area contributed by atoms with Crippen LogP contribution in [-0.4, -0.2) is 69.9 Å². The maximum atomic E-state index is 6.08. The third-order valence-electron chi connectivity index (χ3n) is 6.04. The highest BCUT2D eigenvalue weighted by molar-refractivity contribution is 7.14. The number of hydrogen-bond acceptors (Lipinski definition) is 7. The first kappa shape index (κ1) is 21.1. The van der Waals surface area contributed by atoms with Crippen molar-refractivity contribution in [1.82, 2.24) is 20.5 Å². The molecule has 0 spiro atoms. The van der Waals surface area contributed by atoms with Gasteiger partial charge in [-0.15, -0.1) is 14.9 Å². The van der Waals surface area contributed by atoms with E-state index in [1.54, 1.807) is 17.7 Å². The molecule has 0 amide bonds. The Kier molecular flexibility index (Phi) is 5.95. The number of amidine groups is 1. The number of nitrogens with two attached hydrogens (primary N) is 1. The third-order valence-corrected chi connectivity index (χ3v) is 7.31. The van der Waals surface area contributed by atoms with Crippen LogP contribution in [0.25, 0.3) is 10.6 Å². The van der Waals surface area contributed by atoms with E-state index in [-0.39, 0.29) is 6.04 Å². The van der Waals surface area contributed by atoms with Gasteiger partial charge in [0, 0.05) is 35.7 Å². The Morgan fingerprint density at radius 3 is 2.91 bits per heavy atom. The third kappa shape index (κ3) is 4.41. The van der Waals surface area contributed by atoms with Gasteiger partial charge in [-0.1, -0.05) is 37.3 Å². The number of aliphatic imine (C=N–C) groups is 2. The molecule has 5 rings (SSSR count). The monoisotopic (exact) mass is 449 g/mol. The van der Waals surface area contributed by atoms with E-state index >= 15 is 0 Å². The number of hydrazone groups is 1. The lowest BCUT2D eigenvalue weighted by atomic mass is 10.0. The molecule has 2 aromatic rings. The minimum absolute atomic E-state index is 0.00618. The quantitative estimate of drug-likeness (QED) is 0.685. The van der Waals surface area contributed by atoms with E-state index < -0.39 is 0 Å². The van der Waals surface area contributed by atoms with E-state index in [9.17, 15) is 0 Å². The van der Waals surface area contributed by atoms with Crippen LogP contribution in [0.15, 0.2) is 45.9 Å². The van der Waals surface area contributed by atoms with Crippen LogP contribution in [-0.2, 0) is 0 Å². The fourth-order valence-electron chi connectivity index (χ4n) is 4.20. The number of hydrazine groups is 1. The number of hydrogen-bond donors (Lipinski definition) is 2. The summed E-state index contributed by atoms with van der Waals surface area (Å²) in [7, 11) is 0. The molecule has 1 unspecified atom stereocenters. The molecule has 0 radical (unpaired) electrons. The summed E-state index contributed by atoms with van der Waals surface area (Å²) in [6, 6.07) is 8.48. The Morgan fingerprint density at radius 2 is 2.12 bits per heavy atom. The van der Waals surface area contributed by atoms with Gasteiger partial charge in [0.2, 0.25) is 5.84 Å². The average molecular weight is 450 g/mol. The van der Waals surface area contributed by atoms with Gasteiger partial charge in [-0.3, -0.25) is 4.90 Å². The summed E-state index contributed by atoms with van der Waals surface area (Å²) >= 11 is 1.64. The molecule has 1 aromatic carbocycles. The number of aromatic nitrogens is 2. The first-order valence-corrected chi connectivity index (χ1v) is 12.0. The van der Waals surface area contributed by atoms with Gasteiger partial charge in [0.15, 0.2) is 6.21 Å². The Balaban J connectivity index is 1.38. The second-order valence-corrected chi connectivity index (χ2v) is 9.83. The number of allylic oxidation sites excluding steroid dienone is 1. The molecule has 1 saturated heterocycles. The molecule has 8 nitrogen and oxygen atoms in total. The van der Waals surface area contributed by atoms with Crippen LogP contribution >= 0.6 is 11.3 Å². The van der Waals surface area contributed by atoms with Crippen molar-refractivity contribution >= 4 is 35.4 Å². The molecular formula is C23H29N8S+. The fourth-order valence-corrected chi connectivity index (χ4v) is 5.04. The maximum Gasteiger partial charge on any atom is 0.263 e. The highest BCUT2D eigenvalue weighted by Gasteiger charge is 2.38. The molecule has 0 bridgehead atoms. The predicted octanol–water partition coefficient (Wildman–Crippen LogP) is 2.72. The van der Waals surface area contributed by atoms with Crippen LogP contribution in [0.5, 0.6) is 0 Å². The first-order chi connectivity index (χ1) is 15.6. The largest absolute Gasteiger partial charge is 0.328 e. The molecule has 3 aliphatic heterocycles. The van der Waals surface area contributed by atoms with E-state index in [4.69, 9.17) is 10.7 Å². The van der Waals surface area contributed by atoms with Gasteiger partial charge in [0.05, 0.1) is 5.69 Å². The van der Waals surface area contributed by atoms with Gasteiger partial charge in [0.1, 0.15) is 16.4 Å². The van der Waals surface area contributed by atoms with Crippen LogP contribution in [0.4, 0.5) is 5.69 Å². The highest BCUT2D eigenvalue weighted by Crippen LogP contribution is 2.30. The number of fused-ring (bicyclic) bond motifs is 1. The molecule has 9 heteroatoms. The van der Waals surface area contributed by atoms with Crippen molar-refractivity contribution in [2.45, 2.75) is 44.7 Å². The zero-order chi connectivity index (χ0) is 22.1. The molecule has 1 atom stereocenters. The molecule has 3 aliphatic rings. The van der Waals surface area contributed by atoms with Gasteiger partial charge in [-0.05, 0) is 38.1 Å². The second kappa shape index (κ2) is 9.01. The molecule has 0 aliphatic carbocycles. The van der Waals surface area contributed by atoms with Crippen molar-refractivity contribution in [1.29, 1.82) is 0 Å². The van der Waals surface area contributed by atoms with Gasteiger partial charge >= 0.3 is 0 Å². The lowest BCUT2D eigenvalue weighted by molar-refractivity contribution is -0.574. The summed E-state index contributed by atoms with van der Waals surface area (Å²) in [5, 5.41) is 10.7. The molecule has 32 heavy (non-hydrogen) atoms. The number of rotatable bonds is 5. The van der Waals surface area contributed by atoms with Gasteiger partial charge in [0.25, 0.3) is 6.04 Å². The van der Waals surface area contributed by atoms with Gasteiger partial charge < -0.3 is 5.73 Å². The summed E-state index contributed by atoms with van der Waals surface area (Å²) in [6.07, 6.45) is 8.06. The number of nitrogens with zero attached hydrogens (tertiary/aromatic N) is 6. The van der Waals surface area contributed by atoms with Crippen LogP contribution < -0.4 is 11.2 Å². The molecular weight excluding hydrogens is 420 g/mol. The van der Waals surface area contributed by atoms with E-state index in [1.165, 1.54) is 5.57 Å². The normalized spacial score (nSPS) is 22.8. The number of benzene rings is 1. The van der Waals surface area contributed by atoms with E-state index in [2.05, 4.69) is 68.5 Å². The van der Waals surface area contributed by atoms with Crippen molar-refractivity contribution in [2.24, 2.45) is 15.7 Å². The first-order valence-electron chi connectivity index (χ1n) is 11.2. The Bertz CT molecular complexity index is 1100. The summed E-state index contributed by atoms with van der Waals surface area (Å²) < 4.78 is 2.07. The van der Waals surface area contributed by atoms with Gasteiger partial charge in [-0.25, -0.2) is 9.98 Å². The predicted molar refractivity (Wildman–Crippen MR) is 130 cm³/mol. The Hall–Kier alpha value is -2.75. The summed E-state index contributed by atoms with van der Waals surface area (Å²) in [6.45, 7) is 7.25. The van der Waals surface area contributed by atoms with Crippen LogP contribution in [0.3, 0.4) is 0 Å². The summed E-state index contributed by atoms with van der Waals surface area (Å²) in [4.78, 5) is 12.0. The van der Waals surface area contributed by atoms with Crippen molar-refractivity contribution in [3.8, 4) is 10.6 Å². The number of likely N-dealkylation sites (tertiary alicyclic amines) is 1. The molecule has 4 heterocycles. The molecule has 3 N–H and O–H groups in total. The molecule has 166 valence electrons. The van der Waals surface area contributed by atoms with Crippen LogP contribution in [0.1, 0.15) is 37.6 Å². The Labute approximate surface area is 192 Å². The summed E-state index contributed by atoms with van der Waals surface area (Å²) in [5.41, 5.74) is 12.5. The smallest absolute Gasteiger partial charge is 0.263 e. The van der Waals surface area contributed by atoms with Gasteiger partial charge in [-0.2, -0.15) is 5.43 Å². The fraction of sp³-hybridized carbons (Fsp3) is 0.435. The summed E-state index contributed by atoms with van der Waals surface area (Å²) in [5.74, 6) is 1.16. The standard InChI is InChI=1S/C23H29N8S/c1-15(2)22-28-29-23(32-22)16-4-3-5-19(12-16)27-21-20-17(6-11-31(20)26-14-25-21)13-30-9-7-18(24)8-10-30/h3-6,11-12,14-15,18,20H,7-10,13,24H2,1-2H3,(H,25,26,27)/q+1. The number of piperidine rings is 1. The molecule has 1 fully saturated rings. The van der Waals surface area contributed by atoms with Crippen molar-refractivity contribution < 1.29 is 4.68 Å². The zero-order valence-corrected chi connectivity index (χ0v) is 19.3. The average Bonchev–Trinajstić information content (AvgIpc) is 3.44. The SMILES string of the molecule is CC(C)c1nnc(-c2cccc(N=C3N=CN[N+]4=CC=C(CN5CCC(N)CC5)C34)c2)s1. The highest BCUT2D eigenvalue weighted by atomic mass is 32.1. The van der Waals surface area contributed by atoms with Crippen LogP contribution in [0.2, 0.25) is 0 Å². The molecule has 0 saturated carbocycles. The lowest BCUT2D eigenvalue weighted by Gasteiger charge is -2.31.